The third kappa shape index (κ3) is 8.94. The number of carbonyl (C=O) groups is 3. The summed E-state index contributed by atoms with van der Waals surface area (Å²) >= 11 is 0. The second kappa shape index (κ2) is 13.8. The number of furan rings is 1. The lowest BCUT2D eigenvalue weighted by molar-refractivity contribution is -0.170. The summed E-state index contributed by atoms with van der Waals surface area (Å²) in [4.78, 5) is 40.3. The molecule has 3 aromatic rings. The van der Waals surface area contributed by atoms with Crippen LogP contribution in [-0.4, -0.2) is 73.0 Å². The molecule has 3 rings (SSSR count). The molecular weight excluding hydrogens is 502 g/mol. The standard InChI is InChI=1S/C19H23N3O3.C6H8O7/c1-14-18(21-13-20-14)12-22(11-17-5-4-8-25-17)10-15-6-7-16(23-2)9-19(15)24-3;7-3(8)1-6(13,5(11)12)2-4(9)10/h4-9,13H,10-12H2,1-3H3,(H,20,21);13H,1-2H2,(H,7,8)(H,9,10)(H,11,12). The van der Waals surface area contributed by atoms with Crippen LogP contribution in [0.3, 0.4) is 0 Å². The zero-order chi connectivity index (χ0) is 28.3. The number of benzene rings is 1. The molecule has 0 amide bonds. The number of nitrogens with zero attached hydrogens (tertiary/aromatic N) is 2. The van der Waals surface area contributed by atoms with Crippen LogP contribution in [0.15, 0.2) is 47.3 Å². The van der Waals surface area contributed by atoms with E-state index in [9.17, 15) is 14.4 Å². The molecule has 0 saturated carbocycles. The van der Waals surface area contributed by atoms with Gasteiger partial charge in [-0.05, 0) is 25.1 Å². The van der Waals surface area contributed by atoms with Crippen LogP contribution in [0.1, 0.15) is 35.6 Å². The van der Waals surface area contributed by atoms with Crippen molar-refractivity contribution < 1.29 is 48.7 Å². The number of imidazole rings is 1. The maximum Gasteiger partial charge on any atom is 0.336 e. The van der Waals surface area contributed by atoms with E-state index in [1.54, 1.807) is 26.8 Å². The quantitative estimate of drug-likeness (QED) is 0.215. The van der Waals surface area contributed by atoms with Gasteiger partial charge in [-0.2, -0.15) is 0 Å². The summed E-state index contributed by atoms with van der Waals surface area (Å²) in [6.07, 6.45) is 1.13. The first-order valence-electron chi connectivity index (χ1n) is 11.3. The lowest BCUT2D eigenvalue weighted by Crippen LogP contribution is -2.42. The highest BCUT2D eigenvalue weighted by molar-refractivity contribution is 5.88. The monoisotopic (exact) mass is 533 g/mol. The largest absolute Gasteiger partial charge is 0.497 e. The lowest BCUT2D eigenvalue weighted by Gasteiger charge is -2.22. The van der Waals surface area contributed by atoms with Crippen LogP contribution in [0.2, 0.25) is 0 Å². The summed E-state index contributed by atoms with van der Waals surface area (Å²) in [6, 6.07) is 9.77. The van der Waals surface area contributed by atoms with Crippen molar-refractivity contribution in [1.29, 1.82) is 0 Å². The van der Waals surface area contributed by atoms with Crippen molar-refractivity contribution in [3.63, 3.8) is 0 Å². The van der Waals surface area contributed by atoms with Gasteiger partial charge in [0, 0.05) is 30.4 Å². The fourth-order valence-corrected chi connectivity index (χ4v) is 3.49. The summed E-state index contributed by atoms with van der Waals surface area (Å²) in [5.41, 5.74) is 0.450. The molecule has 2 aromatic heterocycles. The highest BCUT2D eigenvalue weighted by Crippen LogP contribution is 2.27. The molecule has 0 bridgehead atoms. The van der Waals surface area contributed by atoms with E-state index >= 15 is 0 Å². The normalized spacial score (nSPS) is 11.0. The molecule has 2 heterocycles. The van der Waals surface area contributed by atoms with Gasteiger partial charge in [0.2, 0.25) is 0 Å². The molecule has 0 saturated heterocycles. The Balaban J connectivity index is 0.000000332. The second-order valence-electron chi connectivity index (χ2n) is 8.35. The number of ether oxygens (including phenoxy) is 2. The van der Waals surface area contributed by atoms with E-state index in [0.29, 0.717) is 19.6 Å². The molecule has 206 valence electrons. The van der Waals surface area contributed by atoms with Crippen molar-refractivity contribution in [2.24, 2.45) is 0 Å². The van der Waals surface area contributed by atoms with Crippen LogP contribution < -0.4 is 9.47 Å². The van der Waals surface area contributed by atoms with Crippen molar-refractivity contribution in [2.75, 3.05) is 14.2 Å². The maximum absolute atomic E-state index is 10.3. The molecule has 5 N–H and O–H groups in total. The van der Waals surface area contributed by atoms with Gasteiger partial charge in [0.25, 0.3) is 0 Å². The number of carboxylic acids is 3. The van der Waals surface area contributed by atoms with E-state index < -0.39 is 36.4 Å². The number of hydrogen-bond acceptors (Lipinski definition) is 9. The number of aromatic amines is 1. The first-order valence-corrected chi connectivity index (χ1v) is 11.3. The topological polar surface area (TPSA) is 196 Å². The molecule has 13 heteroatoms. The Hall–Kier alpha value is -4.36. The first-order chi connectivity index (χ1) is 18.0. The zero-order valence-corrected chi connectivity index (χ0v) is 21.2. The summed E-state index contributed by atoms with van der Waals surface area (Å²) in [5, 5.41) is 33.8. The number of nitrogens with one attached hydrogen (secondary N) is 1. The van der Waals surface area contributed by atoms with E-state index in [1.165, 1.54) is 0 Å². The molecule has 38 heavy (non-hydrogen) atoms. The predicted octanol–water partition coefficient (Wildman–Crippen LogP) is 2.28. The number of aliphatic carboxylic acids is 3. The first kappa shape index (κ1) is 29.9. The minimum Gasteiger partial charge on any atom is -0.497 e. The molecule has 0 radical (unpaired) electrons. The molecule has 0 aliphatic rings. The highest BCUT2D eigenvalue weighted by Gasteiger charge is 2.40. The molecule has 0 aliphatic heterocycles. The van der Waals surface area contributed by atoms with E-state index in [2.05, 4.69) is 14.9 Å². The Morgan fingerprint density at radius 3 is 2.18 bits per heavy atom. The van der Waals surface area contributed by atoms with Crippen molar-refractivity contribution >= 4 is 17.9 Å². The van der Waals surface area contributed by atoms with Gasteiger partial charge in [-0.25, -0.2) is 9.78 Å². The number of aliphatic hydroxyl groups is 1. The van der Waals surface area contributed by atoms with Crippen molar-refractivity contribution in [3.05, 3.63) is 65.6 Å². The SMILES string of the molecule is COc1ccc(CN(Cc2ccco2)Cc2nc[nH]c2C)c(OC)c1.O=C(O)CC(O)(CC(=O)O)C(=O)O. The Kier molecular flexibility index (Phi) is 10.9. The Morgan fingerprint density at radius 1 is 1.03 bits per heavy atom. The fraction of sp³-hybridized carbons (Fsp3) is 0.360. The number of carboxylic acid groups (broad SMARTS) is 3. The van der Waals surface area contributed by atoms with E-state index in [1.807, 2.05) is 37.3 Å². The van der Waals surface area contributed by atoms with E-state index in [4.69, 9.17) is 34.3 Å². The summed E-state index contributed by atoms with van der Waals surface area (Å²) in [6.45, 7) is 4.14. The average molecular weight is 534 g/mol. The fourth-order valence-electron chi connectivity index (χ4n) is 3.49. The lowest BCUT2D eigenvalue weighted by atomic mass is 9.96. The zero-order valence-electron chi connectivity index (χ0n) is 21.2. The number of H-pyrrole nitrogens is 1. The molecule has 0 unspecified atom stereocenters. The van der Waals surface area contributed by atoms with E-state index in [-0.39, 0.29) is 0 Å². The van der Waals surface area contributed by atoms with Gasteiger partial charge in [0.05, 0.1) is 51.9 Å². The summed E-state index contributed by atoms with van der Waals surface area (Å²) in [7, 11) is 3.32. The molecule has 1 aromatic carbocycles. The van der Waals surface area contributed by atoms with Crippen LogP contribution in [0.5, 0.6) is 11.5 Å². The highest BCUT2D eigenvalue weighted by atomic mass is 16.5. The van der Waals surface area contributed by atoms with Crippen LogP contribution in [0.4, 0.5) is 0 Å². The molecule has 0 aliphatic carbocycles. The van der Waals surface area contributed by atoms with Gasteiger partial charge in [-0.15, -0.1) is 0 Å². The maximum atomic E-state index is 10.3. The molecular formula is C25H31N3O10. The Labute approximate surface area is 218 Å². The molecule has 0 spiro atoms. The van der Waals surface area contributed by atoms with E-state index in [0.717, 1.165) is 34.2 Å². The van der Waals surface area contributed by atoms with Crippen LogP contribution in [0.25, 0.3) is 0 Å². The third-order valence-corrected chi connectivity index (χ3v) is 5.44. The predicted molar refractivity (Wildman–Crippen MR) is 132 cm³/mol. The second-order valence-corrected chi connectivity index (χ2v) is 8.35. The number of rotatable bonds is 13. The van der Waals surface area contributed by atoms with Gasteiger partial charge in [-0.3, -0.25) is 14.5 Å². The number of hydrogen-bond donors (Lipinski definition) is 5. The van der Waals surface area contributed by atoms with Crippen molar-refractivity contribution in [1.82, 2.24) is 14.9 Å². The Morgan fingerprint density at radius 2 is 1.71 bits per heavy atom. The summed E-state index contributed by atoms with van der Waals surface area (Å²) in [5.74, 6) is -2.51. The van der Waals surface area contributed by atoms with Crippen LogP contribution in [-0.2, 0) is 34.0 Å². The number of aromatic nitrogens is 2. The smallest absolute Gasteiger partial charge is 0.336 e. The van der Waals surface area contributed by atoms with Gasteiger partial charge >= 0.3 is 17.9 Å². The van der Waals surface area contributed by atoms with Gasteiger partial charge in [-0.1, -0.05) is 6.07 Å². The number of methoxy groups -OCH3 is 2. The third-order valence-electron chi connectivity index (χ3n) is 5.44. The van der Waals surface area contributed by atoms with Gasteiger partial charge < -0.3 is 39.3 Å². The minimum absolute atomic E-state index is 0.689. The Bertz CT molecular complexity index is 1190. The minimum atomic E-state index is -2.74. The van der Waals surface area contributed by atoms with Crippen LogP contribution >= 0.6 is 0 Å². The molecule has 0 fully saturated rings. The number of aryl methyl sites for hydroxylation is 1. The van der Waals surface area contributed by atoms with Crippen molar-refractivity contribution in [2.45, 2.75) is 45.0 Å². The molecule has 0 atom stereocenters. The van der Waals surface area contributed by atoms with Crippen molar-refractivity contribution in [3.8, 4) is 11.5 Å². The average Bonchev–Trinajstić information content (AvgIpc) is 3.50. The van der Waals surface area contributed by atoms with Gasteiger partial charge in [0.1, 0.15) is 17.3 Å². The van der Waals surface area contributed by atoms with Gasteiger partial charge in [0.15, 0.2) is 5.60 Å². The summed E-state index contributed by atoms with van der Waals surface area (Å²) < 4.78 is 16.3. The molecule has 13 nitrogen and oxygen atoms in total. The van der Waals surface area contributed by atoms with Crippen LogP contribution in [0, 0.1) is 6.92 Å².